The van der Waals surface area contributed by atoms with Gasteiger partial charge in [0.05, 0.1) is 36.3 Å². The fourth-order valence-corrected chi connectivity index (χ4v) is 4.20. The van der Waals surface area contributed by atoms with Crippen LogP contribution in [0, 0.1) is 13.8 Å². The van der Waals surface area contributed by atoms with E-state index in [2.05, 4.69) is 15.2 Å². The second-order valence-corrected chi connectivity index (χ2v) is 7.70. The number of benzene rings is 1. The molecule has 9 heteroatoms. The second kappa shape index (κ2) is 8.70. The molecule has 1 aromatic carbocycles. The number of imidazole rings is 1. The number of hydrogen-bond donors (Lipinski definition) is 2. The fraction of sp³-hybridized carbons (Fsp3) is 0.304. The van der Waals surface area contributed by atoms with Crippen LogP contribution < -0.4 is 4.74 Å². The standard InChI is InChI=1S/C23H25N5O4/c1-14-18(15(2)26-25-14)21(29)19-20(16-7-4-5-8-17(16)32-3)28(23(31)22(19)30)11-6-10-27-12-9-24-13-27/h4-5,7-9,12-13,20,29H,6,10-11H2,1-3H3,(H,25,26)/t20-/m0/s1. The van der Waals surface area contributed by atoms with Gasteiger partial charge in [0.1, 0.15) is 11.5 Å². The molecule has 32 heavy (non-hydrogen) atoms. The quantitative estimate of drug-likeness (QED) is 0.335. The van der Waals surface area contributed by atoms with Crippen molar-refractivity contribution in [1.29, 1.82) is 0 Å². The number of rotatable bonds is 7. The molecular weight excluding hydrogens is 410 g/mol. The van der Waals surface area contributed by atoms with Gasteiger partial charge in [0.2, 0.25) is 0 Å². The van der Waals surface area contributed by atoms with Crippen LogP contribution in [0.2, 0.25) is 0 Å². The SMILES string of the molecule is COc1ccccc1[C@H]1C(=C(O)c2c(C)n[nH]c2C)C(=O)C(=O)N1CCCn1ccnc1. The van der Waals surface area contributed by atoms with E-state index in [9.17, 15) is 14.7 Å². The summed E-state index contributed by atoms with van der Waals surface area (Å²) in [6.07, 6.45) is 5.85. The van der Waals surface area contributed by atoms with Crippen molar-refractivity contribution in [2.45, 2.75) is 32.9 Å². The Balaban J connectivity index is 1.80. The number of nitrogens with zero attached hydrogens (tertiary/aromatic N) is 4. The first-order chi connectivity index (χ1) is 15.4. The molecule has 2 aromatic heterocycles. The number of likely N-dealkylation sites (tertiary alicyclic amines) is 1. The molecule has 3 heterocycles. The van der Waals surface area contributed by atoms with Crippen molar-refractivity contribution >= 4 is 17.4 Å². The molecule has 0 radical (unpaired) electrons. The van der Waals surface area contributed by atoms with Crippen LogP contribution in [0.3, 0.4) is 0 Å². The molecule has 0 bridgehead atoms. The Hall–Kier alpha value is -3.88. The van der Waals surface area contributed by atoms with Gasteiger partial charge in [-0.15, -0.1) is 0 Å². The molecule has 1 saturated heterocycles. The van der Waals surface area contributed by atoms with Gasteiger partial charge in [0.15, 0.2) is 0 Å². The van der Waals surface area contributed by atoms with Crippen molar-refractivity contribution in [2.24, 2.45) is 0 Å². The van der Waals surface area contributed by atoms with Crippen LogP contribution in [0.5, 0.6) is 5.75 Å². The number of aliphatic hydroxyl groups excluding tert-OH is 1. The lowest BCUT2D eigenvalue weighted by molar-refractivity contribution is -0.140. The Kier molecular flexibility index (Phi) is 5.81. The molecule has 0 unspecified atom stereocenters. The van der Waals surface area contributed by atoms with Crippen LogP contribution in [0.25, 0.3) is 5.76 Å². The Labute approximate surface area is 185 Å². The predicted molar refractivity (Wildman–Crippen MR) is 117 cm³/mol. The zero-order valence-corrected chi connectivity index (χ0v) is 18.2. The number of aryl methyl sites for hydroxylation is 3. The monoisotopic (exact) mass is 435 g/mol. The highest BCUT2D eigenvalue weighted by molar-refractivity contribution is 6.46. The van der Waals surface area contributed by atoms with E-state index >= 15 is 0 Å². The number of aromatic nitrogens is 4. The van der Waals surface area contributed by atoms with E-state index in [1.807, 2.05) is 22.9 Å². The van der Waals surface area contributed by atoms with E-state index in [-0.39, 0.29) is 11.3 Å². The maximum absolute atomic E-state index is 13.2. The number of carbonyl (C=O) groups is 2. The van der Waals surface area contributed by atoms with E-state index < -0.39 is 17.7 Å². The smallest absolute Gasteiger partial charge is 0.295 e. The topological polar surface area (TPSA) is 113 Å². The number of para-hydroxylation sites is 1. The second-order valence-electron chi connectivity index (χ2n) is 7.70. The number of methoxy groups -OCH3 is 1. The van der Waals surface area contributed by atoms with Gasteiger partial charge in [-0.1, -0.05) is 18.2 Å². The molecule has 0 saturated carbocycles. The molecule has 4 rings (SSSR count). The molecule has 0 aliphatic carbocycles. The van der Waals surface area contributed by atoms with Crippen molar-refractivity contribution < 1.29 is 19.4 Å². The summed E-state index contributed by atoms with van der Waals surface area (Å²) in [4.78, 5) is 31.8. The minimum absolute atomic E-state index is 0.0368. The van der Waals surface area contributed by atoms with Gasteiger partial charge in [-0.3, -0.25) is 14.7 Å². The first-order valence-corrected chi connectivity index (χ1v) is 10.3. The van der Waals surface area contributed by atoms with Crippen molar-refractivity contribution in [3.63, 3.8) is 0 Å². The minimum Gasteiger partial charge on any atom is -0.507 e. The highest BCUT2D eigenvalue weighted by Crippen LogP contribution is 2.43. The van der Waals surface area contributed by atoms with Crippen molar-refractivity contribution in [1.82, 2.24) is 24.6 Å². The molecule has 0 spiro atoms. The summed E-state index contributed by atoms with van der Waals surface area (Å²) in [5.74, 6) is -1.07. The lowest BCUT2D eigenvalue weighted by Crippen LogP contribution is -2.31. The van der Waals surface area contributed by atoms with Crippen LogP contribution in [0.1, 0.15) is 35.0 Å². The molecule has 166 valence electrons. The number of ketones is 1. The minimum atomic E-state index is -0.775. The fourth-order valence-electron chi connectivity index (χ4n) is 4.20. The van der Waals surface area contributed by atoms with Crippen LogP contribution in [0.4, 0.5) is 0 Å². The molecule has 3 aromatic rings. The van der Waals surface area contributed by atoms with Gasteiger partial charge in [-0.25, -0.2) is 4.98 Å². The zero-order chi connectivity index (χ0) is 22.8. The van der Waals surface area contributed by atoms with E-state index in [4.69, 9.17) is 4.74 Å². The number of hydrogen-bond acceptors (Lipinski definition) is 6. The maximum Gasteiger partial charge on any atom is 0.295 e. The highest BCUT2D eigenvalue weighted by Gasteiger charge is 2.47. The number of ether oxygens (including phenoxy) is 1. The highest BCUT2D eigenvalue weighted by atomic mass is 16.5. The lowest BCUT2D eigenvalue weighted by Gasteiger charge is -2.26. The Morgan fingerprint density at radius 3 is 2.66 bits per heavy atom. The lowest BCUT2D eigenvalue weighted by atomic mass is 9.94. The molecular formula is C23H25N5O4. The molecule has 9 nitrogen and oxygen atoms in total. The summed E-state index contributed by atoms with van der Waals surface area (Å²) in [7, 11) is 1.54. The largest absolute Gasteiger partial charge is 0.507 e. The van der Waals surface area contributed by atoms with Crippen molar-refractivity contribution in [2.75, 3.05) is 13.7 Å². The Morgan fingerprint density at radius 1 is 1.22 bits per heavy atom. The summed E-state index contributed by atoms with van der Waals surface area (Å²) in [5.41, 5.74) is 2.27. The molecule has 1 atom stereocenters. The van der Waals surface area contributed by atoms with Crippen LogP contribution in [-0.4, -0.2) is 55.1 Å². The summed E-state index contributed by atoms with van der Waals surface area (Å²) in [6, 6.07) is 6.44. The van der Waals surface area contributed by atoms with E-state index in [0.29, 0.717) is 47.8 Å². The maximum atomic E-state index is 13.2. The Morgan fingerprint density at radius 2 is 2.00 bits per heavy atom. The molecule has 1 fully saturated rings. The Bertz CT molecular complexity index is 1160. The predicted octanol–water partition coefficient (Wildman–Crippen LogP) is 2.74. The first kappa shape index (κ1) is 21.4. The van der Waals surface area contributed by atoms with E-state index in [1.54, 1.807) is 38.5 Å². The van der Waals surface area contributed by atoms with Gasteiger partial charge in [-0.05, 0) is 26.3 Å². The number of aromatic amines is 1. The van der Waals surface area contributed by atoms with E-state index in [0.717, 1.165) is 0 Å². The first-order valence-electron chi connectivity index (χ1n) is 10.3. The third kappa shape index (κ3) is 3.66. The average molecular weight is 435 g/mol. The number of Topliss-reactive ketones (excluding diaryl/α,β-unsaturated/α-hetero) is 1. The van der Waals surface area contributed by atoms with Gasteiger partial charge in [0, 0.05) is 36.7 Å². The van der Waals surface area contributed by atoms with Crippen molar-refractivity contribution in [3.8, 4) is 5.75 Å². The number of amides is 1. The third-order valence-electron chi connectivity index (χ3n) is 5.71. The van der Waals surface area contributed by atoms with E-state index in [1.165, 1.54) is 12.0 Å². The van der Waals surface area contributed by atoms with Crippen LogP contribution in [-0.2, 0) is 16.1 Å². The summed E-state index contributed by atoms with van der Waals surface area (Å²) in [6.45, 7) is 4.46. The zero-order valence-electron chi connectivity index (χ0n) is 18.2. The van der Waals surface area contributed by atoms with Crippen LogP contribution >= 0.6 is 0 Å². The van der Waals surface area contributed by atoms with Gasteiger partial charge >= 0.3 is 0 Å². The van der Waals surface area contributed by atoms with Crippen LogP contribution in [0.15, 0.2) is 48.6 Å². The van der Waals surface area contributed by atoms with Crippen molar-refractivity contribution in [3.05, 3.63) is 71.1 Å². The summed E-state index contributed by atoms with van der Waals surface area (Å²) in [5, 5.41) is 18.2. The van der Waals surface area contributed by atoms with Gasteiger partial charge in [0.25, 0.3) is 11.7 Å². The summed E-state index contributed by atoms with van der Waals surface area (Å²) >= 11 is 0. The number of H-pyrrole nitrogens is 1. The van der Waals surface area contributed by atoms with Gasteiger partial charge < -0.3 is 19.3 Å². The summed E-state index contributed by atoms with van der Waals surface area (Å²) < 4.78 is 7.43. The molecule has 1 amide bonds. The molecule has 2 N–H and O–H groups in total. The average Bonchev–Trinajstić information content (AvgIpc) is 3.49. The number of nitrogens with one attached hydrogen (secondary N) is 1. The normalized spacial score (nSPS) is 17.8. The number of carbonyl (C=O) groups excluding carboxylic acids is 2. The third-order valence-corrected chi connectivity index (χ3v) is 5.71. The molecule has 1 aliphatic rings. The van der Waals surface area contributed by atoms with Gasteiger partial charge in [-0.2, -0.15) is 5.10 Å². The molecule has 1 aliphatic heterocycles. The number of aliphatic hydroxyl groups is 1.